The van der Waals surface area contributed by atoms with Crippen molar-refractivity contribution in [3.8, 4) is 0 Å². The van der Waals surface area contributed by atoms with Crippen molar-refractivity contribution in [2.75, 3.05) is 27.9 Å². The molecule has 62 heavy (non-hydrogen) atoms. The van der Waals surface area contributed by atoms with Gasteiger partial charge in [-0.1, -0.05) is 24.3 Å². The lowest BCUT2D eigenvalue weighted by atomic mass is 10.1. The molecule has 0 spiro atoms. The highest BCUT2D eigenvalue weighted by molar-refractivity contribution is 6.06. The zero-order valence-electron chi connectivity index (χ0n) is 33.3. The van der Waals surface area contributed by atoms with E-state index in [1.54, 1.807) is 0 Å². The Kier molecular flexibility index (Phi) is 13.8. The molecule has 1 aliphatic heterocycles. The first-order valence-corrected chi connectivity index (χ1v) is 19.2. The maximum Gasteiger partial charge on any atom is 0.252 e. The number of carbonyl (C=O) groups excluding carboxylic acids is 8. The molecule has 0 aliphatic carbocycles. The molecule has 6 rings (SSSR count). The van der Waals surface area contributed by atoms with Crippen LogP contribution in [0.5, 0.6) is 0 Å². The molecule has 0 radical (unpaired) electrons. The quantitative estimate of drug-likeness (QED) is 0.126. The normalized spacial score (nSPS) is 19.7. The molecular formula is C43H42N10O9. The molecule has 1 aliphatic rings. The van der Waals surface area contributed by atoms with Gasteiger partial charge in [-0.3, -0.25) is 38.4 Å². The van der Waals surface area contributed by atoms with Crippen LogP contribution >= 0.6 is 0 Å². The summed E-state index contributed by atoms with van der Waals surface area (Å²) >= 11 is 0. The summed E-state index contributed by atoms with van der Waals surface area (Å²) in [6, 6.07) is 18.6. The molecule has 2 heterocycles. The van der Waals surface area contributed by atoms with Gasteiger partial charge >= 0.3 is 0 Å². The molecule has 0 fully saturated rings. The first-order valence-electron chi connectivity index (χ1n) is 19.2. The third kappa shape index (κ3) is 11.3. The number of aromatic nitrogens is 2. The van der Waals surface area contributed by atoms with E-state index in [1.165, 1.54) is 123 Å². The van der Waals surface area contributed by atoms with Crippen molar-refractivity contribution < 1.29 is 43.5 Å². The van der Waals surface area contributed by atoms with Crippen molar-refractivity contribution in [3.63, 3.8) is 0 Å². The minimum Gasteiger partial charge on any atom is -0.394 e. The molecule has 8 bridgehead atoms. The van der Waals surface area contributed by atoms with Crippen molar-refractivity contribution in [1.29, 1.82) is 0 Å². The number of fused-ring (bicyclic) bond motifs is 8. The fourth-order valence-corrected chi connectivity index (χ4v) is 6.11. The molecule has 4 atom stereocenters. The van der Waals surface area contributed by atoms with Crippen molar-refractivity contribution in [3.05, 3.63) is 138 Å². The molecule has 4 aromatic carbocycles. The molecule has 1 aromatic heterocycles. The van der Waals surface area contributed by atoms with Gasteiger partial charge in [-0.05, 0) is 86.6 Å². The number of aliphatic hydroxyl groups is 1. The van der Waals surface area contributed by atoms with Crippen molar-refractivity contribution in [1.82, 2.24) is 31.2 Å². The molecule has 5 aromatic rings. The number of amides is 8. The number of hydrogen-bond acceptors (Lipinski definition) is 10. The van der Waals surface area contributed by atoms with Crippen molar-refractivity contribution in [2.24, 2.45) is 0 Å². The van der Waals surface area contributed by atoms with Crippen LogP contribution in [0.1, 0.15) is 61.0 Å². The second-order valence-corrected chi connectivity index (χ2v) is 14.2. The topological polar surface area (TPSA) is 282 Å². The Morgan fingerprint density at radius 1 is 0.484 bits per heavy atom. The number of carbonyl (C=O) groups is 8. The van der Waals surface area contributed by atoms with Gasteiger partial charge in [-0.25, -0.2) is 4.98 Å². The molecule has 0 unspecified atom stereocenters. The summed E-state index contributed by atoms with van der Waals surface area (Å²) in [5.74, 6) is -5.40. The molecule has 8 amide bonds. The maximum absolute atomic E-state index is 13.7. The van der Waals surface area contributed by atoms with Crippen LogP contribution < -0.4 is 42.5 Å². The van der Waals surface area contributed by atoms with Gasteiger partial charge < -0.3 is 52.6 Å². The number of nitrogens with zero attached hydrogens (tertiary/aromatic N) is 1. The highest BCUT2D eigenvalue weighted by Gasteiger charge is 2.26. The number of hydrogen-bond donors (Lipinski definition) is 10. The Morgan fingerprint density at radius 2 is 0.839 bits per heavy atom. The van der Waals surface area contributed by atoms with E-state index in [0.717, 1.165) is 0 Å². The summed E-state index contributed by atoms with van der Waals surface area (Å²) in [5.41, 5.74) is 1.60. The second-order valence-electron chi connectivity index (χ2n) is 14.2. The number of aromatic amines is 1. The standard InChI is InChI=1S/C43H42N10O9/c1-23-36(55)48-29-11-3-7-25(15-29)38(57)46-24(2)37(56)49-30-12-5-10-28(17-30)41(60)53-35(21-54)43(62)51-32-14-6-9-27(18-32)40(59)52-34(19-33-20-44-22-45-33)42(61)50-31-13-4-8-26(16-31)39(58)47-23/h3-18,20,22-24,34-35,54H,19,21H2,1-2H3,(H,44,45)(H,46,57)(H,47,58)(H,48,55)(H,49,56)(H,50,61)(H,51,62)(H,52,59)(H,53,60)/t23-,24-,34-,35-/m0/s1. The van der Waals surface area contributed by atoms with E-state index in [1.807, 2.05) is 0 Å². The molecule has 0 saturated carbocycles. The lowest BCUT2D eigenvalue weighted by Crippen LogP contribution is -2.46. The second kappa shape index (κ2) is 19.7. The van der Waals surface area contributed by atoms with Crippen LogP contribution in [0.25, 0.3) is 0 Å². The summed E-state index contributed by atoms with van der Waals surface area (Å²) in [4.78, 5) is 113. The van der Waals surface area contributed by atoms with Gasteiger partial charge in [0.25, 0.3) is 23.6 Å². The summed E-state index contributed by atoms with van der Waals surface area (Å²) in [6.45, 7) is 2.11. The van der Waals surface area contributed by atoms with Gasteiger partial charge in [-0.2, -0.15) is 0 Å². The number of anilines is 4. The third-order valence-electron chi connectivity index (χ3n) is 9.46. The predicted octanol–water partition coefficient (Wildman–Crippen LogP) is 1.95. The SMILES string of the molecule is C[C@@H]1NC(=O)c2cccc(c2)NC(=O)[C@H](C)NC(=O)c2cccc(c2)NC(=O)[C@H](Cc2cnc[nH]2)NC(=O)c2cccc(c2)NC(=O)[C@H](CO)NC(=O)c2cccc(c2)NC1=O. The van der Waals surface area contributed by atoms with Gasteiger partial charge in [-0.15, -0.1) is 0 Å². The summed E-state index contributed by atoms with van der Waals surface area (Å²) in [5, 5.41) is 31.0. The molecule has 318 valence electrons. The molecule has 10 N–H and O–H groups in total. The van der Waals surface area contributed by atoms with Crippen LogP contribution in [0.4, 0.5) is 22.7 Å². The van der Waals surface area contributed by atoms with Gasteiger partial charge in [0, 0.05) is 63.3 Å². The fourth-order valence-electron chi connectivity index (χ4n) is 6.11. The molecule has 19 nitrogen and oxygen atoms in total. The van der Waals surface area contributed by atoms with E-state index in [-0.39, 0.29) is 51.4 Å². The lowest BCUT2D eigenvalue weighted by molar-refractivity contribution is -0.119. The monoisotopic (exact) mass is 842 g/mol. The summed E-state index contributed by atoms with van der Waals surface area (Å²) < 4.78 is 0. The van der Waals surface area contributed by atoms with Crippen LogP contribution in [-0.4, -0.2) is 93.1 Å². The van der Waals surface area contributed by atoms with Crippen LogP contribution in [0.15, 0.2) is 110 Å². The Hall–Kier alpha value is -8.19. The number of H-pyrrole nitrogens is 1. The van der Waals surface area contributed by atoms with E-state index in [4.69, 9.17) is 0 Å². The molecule has 0 saturated heterocycles. The minimum atomic E-state index is -1.44. The van der Waals surface area contributed by atoms with E-state index in [2.05, 4.69) is 52.5 Å². The first kappa shape index (κ1) is 43.4. The summed E-state index contributed by atoms with van der Waals surface area (Å²) in [7, 11) is 0. The largest absolute Gasteiger partial charge is 0.394 e. The zero-order chi connectivity index (χ0) is 44.3. The first-order chi connectivity index (χ1) is 29.8. The average Bonchev–Trinajstić information content (AvgIpc) is 3.78. The van der Waals surface area contributed by atoms with Crippen molar-refractivity contribution >= 4 is 70.0 Å². The van der Waals surface area contributed by atoms with Crippen LogP contribution in [0.3, 0.4) is 0 Å². The molecule has 19 heteroatoms. The van der Waals surface area contributed by atoms with Gasteiger partial charge in [0.15, 0.2) is 0 Å². The van der Waals surface area contributed by atoms with Gasteiger partial charge in [0.2, 0.25) is 23.6 Å². The van der Waals surface area contributed by atoms with E-state index < -0.39 is 78.0 Å². The zero-order valence-corrected chi connectivity index (χ0v) is 33.3. The Balaban J connectivity index is 1.27. The maximum atomic E-state index is 13.7. The van der Waals surface area contributed by atoms with E-state index in [0.29, 0.717) is 5.69 Å². The highest BCUT2D eigenvalue weighted by atomic mass is 16.3. The number of aliphatic hydroxyl groups excluding tert-OH is 1. The van der Waals surface area contributed by atoms with Crippen LogP contribution in [0, 0.1) is 0 Å². The fraction of sp³-hybridized carbons (Fsp3) is 0.186. The Bertz CT molecular complexity index is 2530. The predicted molar refractivity (Wildman–Crippen MR) is 226 cm³/mol. The lowest BCUT2D eigenvalue weighted by Gasteiger charge is -2.19. The number of benzene rings is 4. The average molecular weight is 843 g/mol. The minimum absolute atomic E-state index is 0.0132. The molecular weight excluding hydrogens is 801 g/mol. The van der Waals surface area contributed by atoms with Gasteiger partial charge in [0.1, 0.15) is 24.2 Å². The Labute approximate surface area is 353 Å². The highest BCUT2D eigenvalue weighted by Crippen LogP contribution is 2.17. The van der Waals surface area contributed by atoms with E-state index in [9.17, 15) is 43.5 Å². The third-order valence-corrected chi connectivity index (χ3v) is 9.46. The van der Waals surface area contributed by atoms with E-state index >= 15 is 0 Å². The van der Waals surface area contributed by atoms with Crippen LogP contribution in [0.2, 0.25) is 0 Å². The Morgan fingerprint density at radius 3 is 1.21 bits per heavy atom. The smallest absolute Gasteiger partial charge is 0.252 e. The number of rotatable bonds is 3. The number of imidazole rings is 1. The van der Waals surface area contributed by atoms with Crippen LogP contribution in [-0.2, 0) is 25.6 Å². The number of nitrogens with one attached hydrogen (secondary N) is 9. The van der Waals surface area contributed by atoms with Gasteiger partial charge in [0.05, 0.1) is 12.9 Å². The summed E-state index contributed by atoms with van der Waals surface area (Å²) in [6.07, 6.45) is 2.89. The van der Waals surface area contributed by atoms with Crippen molar-refractivity contribution in [2.45, 2.75) is 44.4 Å².